The predicted octanol–water partition coefficient (Wildman–Crippen LogP) is 3.35. The maximum atomic E-state index is 12.1. The molecule has 35 heavy (non-hydrogen) atoms. The lowest BCUT2D eigenvalue weighted by Gasteiger charge is -2.32. The molecule has 4 rings (SSSR count). The van der Waals surface area contributed by atoms with E-state index in [2.05, 4.69) is 30.5 Å². The number of methoxy groups -OCH3 is 2. The first-order chi connectivity index (χ1) is 16.8. The summed E-state index contributed by atoms with van der Waals surface area (Å²) < 4.78 is 13.8. The smallest absolute Gasteiger partial charge is 0.251 e. The first-order valence-electron chi connectivity index (χ1n) is 11.3. The summed E-state index contributed by atoms with van der Waals surface area (Å²) in [5, 5.41) is 10.3. The van der Waals surface area contributed by atoms with Gasteiger partial charge >= 0.3 is 0 Å². The van der Waals surface area contributed by atoms with Crippen molar-refractivity contribution >= 4 is 50.6 Å². The quantitative estimate of drug-likeness (QED) is 0.423. The Morgan fingerprint density at radius 2 is 1.94 bits per heavy atom. The van der Waals surface area contributed by atoms with Gasteiger partial charge in [-0.05, 0) is 60.2 Å². The number of anilines is 1. The number of nitrogens with zero attached hydrogens (tertiary/aromatic N) is 5. The first kappa shape index (κ1) is 25.5. The molecule has 1 aromatic carbocycles. The van der Waals surface area contributed by atoms with E-state index in [-0.39, 0.29) is 5.91 Å². The highest BCUT2D eigenvalue weighted by atomic mass is 79.9. The van der Waals surface area contributed by atoms with Crippen LogP contribution in [-0.4, -0.2) is 68.8 Å². The minimum atomic E-state index is -0.954. The standard InChI is InChI=1S/C23H29BrN6O4S/c1-13(31)22(32)29-7-4-14(5-8-29)6-9-30-21-19(20(25)26-12-27-21)28-23(30)35-18-11-17(34-3)16(33-2)10-15(18)24/h10-14,31H,4-9H2,1-3H3,(H2,25,26,27)/t13-/m0/s1. The third kappa shape index (κ3) is 5.49. The molecule has 12 heteroatoms. The lowest BCUT2D eigenvalue weighted by atomic mass is 9.93. The first-order valence-corrected chi connectivity index (χ1v) is 13.0. The van der Waals surface area contributed by atoms with Crippen LogP contribution in [0.4, 0.5) is 5.82 Å². The Balaban J connectivity index is 1.56. The molecule has 1 aliphatic rings. The van der Waals surface area contributed by atoms with Gasteiger partial charge in [-0.15, -0.1) is 0 Å². The van der Waals surface area contributed by atoms with Crippen LogP contribution in [0.15, 0.2) is 33.0 Å². The van der Waals surface area contributed by atoms with Crippen molar-refractivity contribution in [3.05, 3.63) is 22.9 Å². The molecule has 0 radical (unpaired) electrons. The second kappa shape index (κ2) is 11.0. The molecule has 0 aliphatic carbocycles. The number of benzene rings is 1. The van der Waals surface area contributed by atoms with Gasteiger partial charge in [0.1, 0.15) is 12.4 Å². The van der Waals surface area contributed by atoms with Gasteiger partial charge in [0.05, 0.1) is 14.2 Å². The van der Waals surface area contributed by atoms with Crippen molar-refractivity contribution in [2.75, 3.05) is 33.0 Å². The van der Waals surface area contributed by atoms with Gasteiger partial charge in [0.2, 0.25) is 0 Å². The van der Waals surface area contributed by atoms with Crippen molar-refractivity contribution in [1.29, 1.82) is 0 Å². The van der Waals surface area contributed by atoms with Gasteiger partial charge < -0.3 is 29.8 Å². The maximum Gasteiger partial charge on any atom is 0.251 e. The number of ether oxygens (including phenoxy) is 2. The molecule has 1 aliphatic heterocycles. The number of piperidine rings is 1. The Morgan fingerprint density at radius 3 is 2.60 bits per heavy atom. The van der Waals surface area contributed by atoms with Crippen LogP contribution in [0, 0.1) is 5.92 Å². The topological polar surface area (TPSA) is 129 Å². The summed E-state index contributed by atoms with van der Waals surface area (Å²) in [5.74, 6) is 1.85. The average Bonchev–Trinajstić information content (AvgIpc) is 3.21. The van der Waals surface area contributed by atoms with Crippen LogP contribution < -0.4 is 15.2 Å². The Bertz CT molecular complexity index is 1210. The van der Waals surface area contributed by atoms with Crippen molar-refractivity contribution in [2.24, 2.45) is 5.92 Å². The number of carbonyl (C=O) groups excluding carboxylic acids is 1. The Labute approximate surface area is 216 Å². The molecule has 3 N–H and O–H groups in total. The monoisotopic (exact) mass is 564 g/mol. The molecule has 0 spiro atoms. The summed E-state index contributed by atoms with van der Waals surface area (Å²) in [4.78, 5) is 28.1. The molecule has 2 aromatic heterocycles. The summed E-state index contributed by atoms with van der Waals surface area (Å²) in [6, 6.07) is 3.77. The Kier molecular flexibility index (Phi) is 8.02. The van der Waals surface area contributed by atoms with Crippen molar-refractivity contribution in [2.45, 2.75) is 48.9 Å². The van der Waals surface area contributed by atoms with Crippen LogP contribution in [0.25, 0.3) is 11.2 Å². The van der Waals surface area contributed by atoms with Crippen LogP contribution >= 0.6 is 27.7 Å². The molecule has 3 heterocycles. The van der Waals surface area contributed by atoms with E-state index in [1.807, 2.05) is 12.1 Å². The highest BCUT2D eigenvalue weighted by molar-refractivity contribution is 9.10. The van der Waals surface area contributed by atoms with Gasteiger partial charge in [-0.2, -0.15) is 0 Å². The number of aryl methyl sites for hydroxylation is 1. The van der Waals surface area contributed by atoms with Crippen LogP contribution in [0.2, 0.25) is 0 Å². The zero-order valence-electron chi connectivity index (χ0n) is 19.9. The number of aliphatic hydroxyl groups excluding tert-OH is 1. The number of hydrogen-bond acceptors (Lipinski definition) is 9. The van der Waals surface area contributed by atoms with Gasteiger partial charge in [0.15, 0.2) is 33.6 Å². The molecule has 1 atom stereocenters. The number of halogens is 1. The summed E-state index contributed by atoms with van der Waals surface area (Å²) in [7, 11) is 3.20. The van der Waals surface area contributed by atoms with E-state index in [9.17, 15) is 9.90 Å². The number of hydrogen-bond donors (Lipinski definition) is 2. The fraction of sp³-hybridized carbons (Fsp3) is 0.478. The minimum absolute atomic E-state index is 0.199. The molecule has 1 amide bonds. The zero-order valence-corrected chi connectivity index (χ0v) is 22.3. The number of carbonyl (C=O) groups is 1. The average molecular weight is 565 g/mol. The van der Waals surface area contributed by atoms with Gasteiger partial charge in [-0.1, -0.05) is 11.8 Å². The van der Waals surface area contributed by atoms with E-state index in [0.29, 0.717) is 54.0 Å². The van der Waals surface area contributed by atoms with Crippen LogP contribution in [0.5, 0.6) is 11.5 Å². The fourth-order valence-corrected chi connectivity index (χ4v) is 5.75. The third-order valence-electron chi connectivity index (χ3n) is 6.21. The zero-order chi connectivity index (χ0) is 25.1. The molecule has 1 saturated heterocycles. The molecule has 0 unspecified atom stereocenters. The summed E-state index contributed by atoms with van der Waals surface area (Å²) in [5.41, 5.74) is 7.38. The van der Waals surface area contributed by atoms with E-state index in [1.54, 1.807) is 19.1 Å². The highest BCUT2D eigenvalue weighted by Crippen LogP contribution is 2.41. The van der Waals surface area contributed by atoms with E-state index >= 15 is 0 Å². The number of amides is 1. The van der Waals surface area contributed by atoms with Gasteiger partial charge in [-0.3, -0.25) is 4.79 Å². The van der Waals surface area contributed by atoms with Crippen molar-refractivity contribution in [3.63, 3.8) is 0 Å². The number of nitrogens with two attached hydrogens (primary N) is 1. The molecule has 10 nitrogen and oxygen atoms in total. The number of aliphatic hydroxyl groups is 1. The number of nitrogen functional groups attached to an aromatic ring is 1. The fourth-order valence-electron chi connectivity index (χ4n) is 4.24. The van der Waals surface area contributed by atoms with Gasteiger partial charge in [0.25, 0.3) is 5.91 Å². The number of aromatic nitrogens is 4. The number of imidazole rings is 1. The molecule has 188 valence electrons. The summed E-state index contributed by atoms with van der Waals surface area (Å²) in [6.45, 7) is 3.54. The number of rotatable bonds is 8. The Hall–Kier alpha value is -2.57. The number of likely N-dealkylation sites (tertiary alicyclic amines) is 1. The molecular weight excluding hydrogens is 536 g/mol. The molecule has 0 saturated carbocycles. The predicted molar refractivity (Wildman–Crippen MR) is 137 cm³/mol. The van der Waals surface area contributed by atoms with Gasteiger partial charge in [-0.25, -0.2) is 15.0 Å². The van der Waals surface area contributed by atoms with E-state index in [1.165, 1.54) is 25.0 Å². The maximum absolute atomic E-state index is 12.1. The summed E-state index contributed by atoms with van der Waals surface area (Å²) >= 11 is 5.11. The van der Waals surface area contributed by atoms with Gasteiger partial charge in [0, 0.05) is 29.0 Å². The summed E-state index contributed by atoms with van der Waals surface area (Å²) in [6.07, 6.45) is 3.20. The molecule has 3 aromatic rings. The number of fused-ring (bicyclic) bond motifs is 1. The lowest BCUT2D eigenvalue weighted by Crippen LogP contribution is -2.43. The van der Waals surface area contributed by atoms with Crippen molar-refractivity contribution in [1.82, 2.24) is 24.4 Å². The molecule has 0 bridgehead atoms. The molecule has 1 fully saturated rings. The van der Waals surface area contributed by atoms with Crippen molar-refractivity contribution in [3.8, 4) is 11.5 Å². The Morgan fingerprint density at radius 1 is 1.26 bits per heavy atom. The van der Waals surface area contributed by atoms with Crippen LogP contribution in [-0.2, 0) is 11.3 Å². The normalized spacial score (nSPS) is 15.4. The van der Waals surface area contributed by atoms with E-state index in [0.717, 1.165) is 33.8 Å². The highest BCUT2D eigenvalue weighted by Gasteiger charge is 2.26. The minimum Gasteiger partial charge on any atom is -0.493 e. The van der Waals surface area contributed by atoms with Crippen molar-refractivity contribution < 1.29 is 19.4 Å². The second-order valence-corrected chi connectivity index (χ2v) is 10.3. The lowest BCUT2D eigenvalue weighted by molar-refractivity contribution is -0.140. The van der Waals surface area contributed by atoms with Crippen LogP contribution in [0.3, 0.4) is 0 Å². The largest absolute Gasteiger partial charge is 0.493 e. The van der Waals surface area contributed by atoms with E-state index < -0.39 is 6.10 Å². The second-order valence-electron chi connectivity index (χ2n) is 8.45. The van der Waals surface area contributed by atoms with E-state index in [4.69, 9.17) is 20.2 Å². The third-order valence-corrected chi connectivity index (χ3v) is 8.18. The SMILES string of the molecule is COc1cc(Br)c(Sc2nc3c(N)ncnc3n2CCC2CCN(C(=O)[C@H](C)O)CC2)cc1OC. The van der Waals surface area contributed by atoms with Crippen LogP contribution in [0.1, 0.15) is 26.2 Å². The molecular formula is C23H29BrN6O4S.